The van der Waals surface area contributed by atoms with E-state index in [1.54, 1.807) is 0 Å². The fourth-order valence-corrected chi connectivity index (χ4v) is 1.24. The highest BCUT2D eigenvalue weighted by Gasteiger charge is 2.04. The number of rotatable bonds is 4. The Balaban J connectivity index is 2.47. The van der Waals surface area contributed by atoms with Crippen LogP contribution in [0.1, 0.15) is 29.3 Å². The van der Waals surface area contributed by atoms with Gasteiger partial charge in [-0.05, 0) is 6.92 Å². The van der Waals surface area contributed by atoms with Crippen molar-refractivity contribution in [2.24, 2.45) is 0 Å². The summed E-state index contributed by atoms with van der Waals surface area (Å²) in [7, 11) is 0. The quantitative estimate of drug-likeness (QED) is 0.760. The molecule has 1 rings (SSSR count). The second-order valence-electron chi connectivity index (χ2n) is 3.52. The van der Waals surface area contributed by atoms with Crippen LogP contribution in [-0.4, -0.2) is 18.2 Å². The lowest BCUT2D eigenvalue weighted by Gasteiger charge is -2.02. The number of carbonyl (C=O) groups excluding carboxylic acids is 2. The van der Waals surface area contributed by atoms with Crippen LogP contribution < -0.4 is 5.32 Å². The van der Waals surface area contributed by atoms with Crippen molar-refractivity contribution in [3.8, 4) is 0 Å². The highest BCUT2D eigenvalue weighted by atomic mass is 16.1. The van der Waals surface area contributed by atoms with Gasteiger partial charge in [-0.3, -0.25) is 9.59 Å². The number of carbonyl (C=O) groups is 2. The average molecular weight is 205 g/mol. The average Bonchev–Trinajstić information content (AvgIpc) is 2.18. The van der Waals surface area contributed by atoms with Crippen molar-refractivity contribution in [1.82, 2.24) is 5.32 Å². The molecule has 1 aromatic carbocycles. The lowest BCUT2D eigenvalue weighted by molar-refractivity contribution is -0.118. The number of Topliss-reactive ketones (excluding diaryl/α,β-unsaturated/α-hetero) is 1. The van der Waals surface area contributed by atoms with Gasteiger partial charge in [0.1, 0.15) is 0 Å². The summed E-state index contributed by atoms with van der Waals surface area (Å²) in [5, 5.41) is 2.60. The summed E-state index contributed by atoms with van der Waals surface area (Å²) in [6, 6.07) is 7.44. The lowest BCUT2D eigenvalue weighted by Crippen LogP contribution is -2.23. The molecule has 1 aromatic rings. The largest absolute Gasteiger partial charge is 0.356 e. The van der Waals surface area contributed by atoms with Gasteiger partial charge in [-0.15, -0.1) is 0 Å². The molecule has 0 radical (unpaired) electrons. The topological polar surface area (TPSA) is 46.2 Å². The maximum atomic E-state index is 11.6. The molecule has 0 saturated heterocycles. The summed E-state index contributed by atoms with van der Waals surface area (Å²) in [4.78, 5) is 22.2. The fourth-order valence-electron chi connectivity index (χ4n) is 1.24. The second kappa shape index (κ2) is 5.29. The van der Waals surface area contributed by atoms with Crippen molar-refractivity contribution in [3.05, 3.63) is 35.4 Å². The van der Waals surface area contributed by atoms with Crippen LogP contribution in [0.5, 0.6) is 0 Å². The van der Waals surface area contributed by atoms with Gasteiger partial charge in [0.25, 0.3) is 0 Å². The molecule has 3 heteroatoms. The molecule has 0 bridgehead atoms. The van der Waals surface area contributed by atoms with E-state index in [9.17, 15) is 9.59 Å². The van der Waals surface area contributed by atoms with Crippen LogP contribution in [0.25, 0.3) is 0 Å². The molecule has 0 fully saturated rings. The van der Waals surface area contributed by atoms with Crippen LogP contribution in [0.4, 0.5) is 0 Å². The molecule has 80 valence electrons. The van der Waals surface area contributed by atoms with Gasteiger partial charge in [0.05, 0.1) is 0 Å². The number of nitrogens with one attached hydrogen (secondary N) is 1. The maximum absolute atomic E-state index is 11.6. The van der Waals surface area contributed by atoms with Crippen molar-refractivity contribution in [2.45, 2.75) is 20.3 Å². The minimum atomic E-state index is -0.105. The van der Waals surface area contributed by atoms with Gasteiger partial charge < -0.3 is 5.32 Å². The molecule has 0 aliphatic carbocycles. The summed E-state index contributed by atoms with van der Waals surface area (Å²) >= 11 is 0. The van der Waals surface area contributed by atoms with E-state index in [4.69, 9.17) is 0 Å². The second-order valence-corrected chi connectivity index (χ2v) is 3.52. The molecule has 15 heavy (non-hydrogen) atoms. The van der Waals surface area contributed by atoms with E-state index in [-0.39, 0.29) is 11.7 Å². The maximum Gasteiger partial charge on any atom is 0.216 e. The van der Waals surface area contributed by atoms with Gasteiger partial charge in [0.2, 0.25) is 5.91 Å². The minimum Gasteiger partial charge on any atom is -0.356 e. The molecule has 0 saturated carbocycles. The van der Waals surface area contributed by atoms with Gasteiger partial charge in [-0.25, -0.2) is 0 Å². The van der Waals surface area contributed by atoms with Crippen molar-refractivity contribution in [1.29, 1.82) is 0 Å². The van der Waals surface area contributed by atoms with Crippen LogP contribution in [0.15, 0.2) is 24.3 Å². The third-order valence-electron chi connectivity index (χ3n) is 2.10. The van der Waals surface area contributed by atoms with E-state index in [0.29, 0.717) is 18.5 Å². The summed E-state index contributed by atoms with van der Waals surface area (Å²) in [6.45, 7) is 3.82. The first-order chi connectivity index (χ1) is 7.09. The van der Waals surface area contributed by atoms with E-state index < -0.39 is 0 Å². The molecule has 3 nitrogen and oxygen atoms in total. The Morgan fingerprint density at radius 3 is 2.33 bits per heavy atom. The van der Waals surface area contributed by atoms with Crippen molar-refractivity contribution < 1.29 is 9.59 Å². The summed E-state index contributed by atoms with van der Waals surface area (Å²) in [5.74, 6) is -0.0459. The zero-order valence-corrected chi connectivity index (χ0v) is 9.04. The molecule has 0 aliphatic rings. The summed E-state index contributed by atoms with van der Waals surface area (Å²) in [6.07, 6.45) is 0.350. The Morgan fingerprint density at radius 2 is 1.80 bits per heavy atom. The Morgan fingerprint density at radius 1 is 1.20 bits per heavy atom. The third-order valence-corrected chi connectivity index (χ3v) is 2.10. The molecular weight excluding hydrogens is 190 g/mol. The number of amides is 1. The van der Waals surface area contributed by atoms with Crippen molar-refractivity contribution in [3.63, 3.8) is 0 Å². The first-order valence-corrected chi connectivity index (χ1v) is 4.94. The van der Waals surface area contributed by atoms with Crippen LogP contribution >= 0.6 is 0 Å². The van der Waals surface area contributed by atoms with E-state index in [1.807, 2.05) is 31.2 Å². The van der Waals surface area contributed by atoms with Crippen LogP contribution in [0, 0.1) is 6.92 Å². The predicted octanol–water partition coefficient (Wildman–Crippen LogP) is 1.70. The van der Waals surface area contributed by atoms with E-state index in [1.165, 1.54) is 6.92 Å². The zero-order valence-electron chi connectivity index (χ0n) is 9.04. The molecule has 0 unspecified atom stereocenters. The summed E-state index contributed by atoms with van der Waals surface area (Å²) in [5.41, 5.74) is 1.83. The van der Waals surface area contributed by atoms with Gasteiger partial charge in [0.15, 0.2) is 5.78 Å². The Labute approximate surface area is 89.5 Å². The van der Waals surface area contributed by atoms with Gasteiger partial charge in [-0.1, -0.05) is 29.8 Å². The van der Waals surface area contributed by atoms with Crippen molar-refractivity contribution in [2.75, 3.05) is 6.54 Å². The first-order valence-electron chi connectivity index (χ1n) is 4.94. The van der Waals surface area contributed by atoms with Gasteiger partial charge >= 0.3 is 0 Å². The van der Waals surface area contributed by atoms with E-state index in [0.717, 1.165) is 5.56 Å². The molecule has 0 spiro atoms. The van der Waals surface area contributed by atoms with E-state index in [2.05, 4.69) is 5.32 Å². The minimum absolute atomic E-state index is 0.0590. The number of aryl methyl sites for hydroxylation is 1. The highest BCUT2D eigenvalue weighted by molar-refractivity contribution is 5.96. The highest BCUT2D eigenvalue weighted by Crippen LogP contribution is 2.05. The Kier molecular flexibility index (Phi) is 4.03. The first kappa shape index (κ1) is 11.4. The molecule has 0 heterocycles. The predicted molar refractivity (Wildman–Crippen MR) is 58.8 cm³/mol. The smallest absolute Gasteiger partial charge is 0.216 e. The molecule has 1 amide bonds. The van der Waals surface area contributed by atoms with Gasteiger partial charge in [0, 0.05) is 25.5 Å². The van der Waals surface area contributed by atoms with Gasteiger partial charge in [-0.2, -0.15) is 0 Å². The summed E-state index contributed by atoms with van der Waals surface area (Å²) < 4.78 is 0. The Hall–Kier alpha value is -1.64. The SMILES string of the molecule is CC(=O)NCCC(=O)c1ccc(C)cc1. The monoisotopic (exact) mass is 205 g/mol. The molecule has 0 aliphatic heterocycles. The number of ketones is 1. The van der Waals surface area contributed by atoms with Crippen LogP contribution in [0.2, 0.25) is 0 Å². The normalized spacial score (nSPS) is 9.73. The van der Waals surface area contributed by atoms with E-state index >= 15 is 0 Å². The third kappa shape index (κ3) is 3.94. The molecular formula is C12H15NO2. The standard InChI is InChI=1S/C12H15NO2/c1-9-3-5-11(6-4-9)12(15)7-8-13-10(2)14/h3-6H,7-8H2,1-2H3,(H,13,14). The number of hydrogen-bond donors (Lipinski definition) is 1. The number of hydrogen-bond acceptors (Lipinski definition) is 2. The number of benzene rings is 1. The molecule has 1 N–H and O–H groups in total. The molecule has 0 aromatic heterocycles. The van der Waals surface area contributed by atoms with Crippen molar-refractivity contribution >= 4 is 11.7 Å². The lowest BCUT2D eigenvalue weighted by atomic mass is 10.1. The zero-order chi connectivity index (χ0) is 11.3. The van der Waals surface area contributed by atoms with Crippen LogP contribution in [-0.2, 0) is 4.79 Å². The Bertz CT molecular complexity index is 354. The van der Waals surface area contributed by atoms with Crippen LogP contribution in [0.3, 0.4) is 0 Å². The fraction of sp³-hybridized carbons (Fsp3) is 0.333. The molecule has 0 atom stereocenters.